The molecular weight excluding hydrogens is 342 g/mol. The van der Waals surface area contributed by atoms with Gasteiger partial charge in [0.15, 0.2) is 0 Å². The lowest BCUT2D eigenvalue weighted by Gasteiger charge is -2.38. The molecule has 1 radical (unpaired) electrons. The summed E-state index contributed by atoms with van der Waals surface area (Å²) in [5.41, 5.74) is -5.47. The predicted octanol–water partition coefficient (Wildman–Crippen LogP) is 1.41. The number of rotatable bonds is 3. The van der Waals surface area contributed by atoms with E-state index in [0.29, 0.717) is 17.6 Å². The Bertz CT molecular complexity index is 625. The van der Waals surface area contributed by atoms with Crippen molar-refractivity contribution < 1.29 is 30.7 Å². The van der Waals surface area contributed by atoms with E-state index in [1.807, 2.05) is 7.05 Å². The molecule has 0 bridgehead atoms. The van der Waals surface area contributed by atoms with Gasteiger partial charge in [-0.1, -0.05) is 0 Å². The molecule has 0 saturated carbocycles. The predicted molar refractivity (Wildman–Crippen MR) is 78.0 cm³/mol. The molecule has 1 aromatic rings. The fraction of sp³-hybridized carbons (Fsp3) is 0.500. The Morgan fingerprint density at radius 3 is 2.14 bits per heavy atom. The molecule has 0 amide bonds. The van der Waals surface area contributed by atoms with Gasteiger partial charge in [-0.05, 0) is 36.6 Å². The van der Waals surface area contributed by atoms with E-state index in [1.54, 1.807) is 0 Å². The summed E-state index contributed by atoms with van der Waals surface area (Å²) in [6, 6.07) is 5.13. The first-order valence-electron chi connectivity index (χ1n) is 6.43. The smallest absolute Gasteiger partial charge is 0.376 e. The summed E-state index contributed by atoms with van der Waals surface area (Å²) in [5.74, 6) is -0.429. The Labute approximate surface area is 127 Å². The van der Waals surface area contributed by atoms with Gasteiger partial charge >= 0.3 is 15.6 Å². The fourth-order valence-electron chi connectivity index (χ4n) is 2.11. The van der Waals surface area contributed by atoms with Gasteiger partial charge in [-0.2, -0.15) is 21.6 Å². The Balaban J connectivity index is 2.14. The van der Waals surface area contributed by atoms with Crippen molar-refractivity contribution in [3.8, 4) is 5.75 Å². The maximum atomic E-state index is 12.2. The molecule has 1 N–H and O–H groups in total. The summed E-state index contributed by atoms with van der Waals surface area (Å²) < 4.78 is 62.6. The van der Waals surface area contributed by atoms with Crippen LogP contribution < -0.4 is 9.49 Å². The molecular formula is C12H16F3NO4PS. The van der Waals surface area contributed by atoms with E-state index in [0.717, 1.165) is 25.2 Å². The Morgan fingerprint density at radius 1 is 1.18 bits per heavy atom. The van der Waals surface area contributed by atoms with Gasteiger partial charge in [0.25, 0.3) is 0 Å². The number of benzene rings is 1. The summed E-state index contributed by atoms with van der Waals surface area (Å²) >= 11 is 0. The van der Waals surface area contributed by atoms with Gasteiger partial charge < -0.3 is 14.0 Å². The number of halogens is 3. The molecule has 0 spiro atoms. The monoisotopic (exact) mass is 358 g/mol. The van der Waals surface area contributed by atoms with Gasteiger partial charge in [-0.25, -0.2) is 0 Å². The lowest BCUT2D eigenvalue weighted by Crippen LogP contribution is -2.36. The molecule has 1 aliphatic heterocycles. The van der Waals surface area contributed by atoms with Crippen LogP contribution in [0.4, 0.5) is 13.2 Å². The van der Waals surface area contributed by atoms with Crippen LogP contribution in [0.2, 0.25) is 0 Å². The van der Waals surface area contributed by atoms with E-state index in [-0.39, 0.29) is 0 Å². The second-order valence-electron chi connectivity index (χ2n) is 5.15. The highest BCUT2D eigenvalue weighted by Crippen LogP contribution is 2.54. The molecule has 22 heavy (non-hydrogen) atoms. The molecule has 1 saturated heterocycles. The van der Waals surface area contributed by atoms with E-state index in [1.165, 1.54) is 12.1 Å². The maximum absolute atomic E-state index is 12.2. The molecule has 5 nitrogen and oxygen atoms in total. The largest absolute Gasteiger partial charge is 0.534 e. The molecule has 1 aliphatic rings. The van der Waals surface area contributed by atoms with Crippen molar-refractivity contribution in [2.45, 2.75) is 5.51 Å². The molecule has 1 fully saturated rings. The minimum absolute atomic E-state index is 0.429. The molecule has 0 aliphatic carbocycles. The third kappa shape index (κ3) is 3.71. The van der Waals surface area contributed by atoms with Crippen LogP contribution in [-0.2, 0) is 10.1 Å². The fourth-order valence-corrected chi connectivity index (χ4v) is 5.35. The van der Waals surface area contributed by atoms with Crippen LogP contribution in [0, 0.1) is 0 Å². The van der Waals surface area contributed by atoms with Crippen LogP contribution in [0.1, 0.15) is 0 Å². The van der Waals surface area contributed by atoms with Crippen molar-refractivity contribution in [2.24, 2.45) is 0 Å². The van der Waals surface area contributed by atoms with Gasteiger partial charge in [0.2, 0.25) is 0 Å². The highest BCUT2D eigenvalue weighted by atomic mass is 32.2. The molecule has 1 heterocycles. The van der Waals surface area contributed by atoms with Crippen molar-refractivity contribution in [3.63, 3.8) is 0 Å². The molecule has 0 unspecified atom stereocenters. The van der Waals surface area contributed by atoms with E-state index in [2.05, 4.69) is 9.08 Å². The molecule has 2 rings (SSSR count). The average molecular weight is 358 g/mol. The zero-order valence-electron chi connectivity index (χ0n) is 11.7. The second-order valence-corrected chi connectivity index (χ2v) is 9.94. The zero-order valence-corrected chi connectivity index (χ0v) is 13.5. The van der Waals surface area contributed by atoms with E-state index in [4.69, 9.17) is 0 Å². The van der Waals surface area contributed by atoms with Gasteiger partial charge in [0.1, 0.15) is 5.75 Å². The van der Waals surface area contributed by atoms with Crippen LogP contribution in [0.15, 0.2) is 24.3 Å². The van der Waals surface area contributed by atoms with E-state index >= 15 is 0 Å². The normalized spacial score (nSPS) is 19.9. The van der Waals surface area contributed by atoms with Crippen LogP contribution in [0.25, 0.3) is 0 Å². The van der Waals surface area contributed by atoms with Crippen molar-refractivity contribution in [1.29, 1.82) is 0 Å². The first-order valence-corrected chi connectivity index (χ1v) is 9.95. The average Bonchev–Trinajstić information content (AvgIpc) is 2.41. The first kappa shape index (κ1) is 17.5. The standard InChI is InChI=1S/C12H16F3NO4PS/c1-16-6-8-21(17,9-7-16)11-4-2-10(3-5-11)20-22(18,19)12(13,14)15/h2-5,17H,6-9H2,1H3. The quantitative estimate of drug-likeness (QED) is 0.503. The summed E-state index contributed by atoms with van der Waals surface area (Å²) in [6.45, 7) is 1.48. The topological polar surface area (TPSA) is 66.8 Å². The SMILES string of the molecule is CN1CC[P](O)(c2ccc(OS(=O)(=O)C(F)(F)F)cc2)CC1. The molecule has 10 heteroatoms. The number of hydrogen-bond acceptors (Lipinski definition) is 5. The van der Waals surface area contributed by atoms with Crippen molar-refractivity contribution in [3.05, 3.63) is 24.3 Å². The summed E-state index contributed by atoms with van der Waals surface area (Å²) in [7, 11) is -6.05. The van der Waals surface area contributed by atoms with Gasteiger partial charge in [-0.3, -0.25) is 0 Å². The van der Waals surface area contributed by atoms with Gasteiger partial charge in [0, 0.05) is 32.9 Å². The highest BCUT2D eigenvalue weighted by molar-refractivity contribution is 7.88. The van der Waals surface area contributed by atoms with Crippen molar-refractivity contribution in [1.82, 2.24) is 4.90 Å². The molecule has 125 valence electrons. The Morgan fingerprint density at radius 2 is 1.68 bits per heavy atom. The second kappa shape index (κ2) is 5.96. The third-order valence-electron chi connectivity index (χ3n) is 3.51. The van der Waals surface area contributed by atoms with Gasteiger partial charge in [0.05, 0.1) is 0 Å². The van der Waals surface area contributed by atoms with Crippen molar-refractivity contribution in [2.75, 3.05) is 32.5 Å². The van der Waals surface area contributed by atoms with Crippen LogP contribution in [-0.4, -0.2) is 56.2 Å². The summed E-state index contributed by atoms with van der Waals surface area (Å²) in [5, 5.41) is 0.636. The van der Waals surface area contributed by atoms with E-state index in [9.17, 15) is 26.5 Å². The number of alkyl halides is 3. The molecule has 0 aromatic heterocycles. The highest BCUT2D eigenvalue weighted by Gasteiger charge is 2.48. The third-order valence-corrected chi connectivity index (χ3v) is 7.63. The van der Waals surface area contributed by atoms with Crippen LogP contribution >= 0.6 is 7.49 Å². The van der Waals surface area contributed by atoms with Gasteiger partial charge in [-0.15, -0.1) is 0 Å². The van der Waals surface area contributed by atoms with Crippen molar-refractivity contribution >= 4 is 22.9 Å². The molecule has 0 atom stereocenters. The lowest BCUT2D eigenvalue weighted by molar-refractivity contribution is -0.0500. The maximum Gasteiger partial charge on any atom is 0.534 e. The Hall–Kier alpha value is -0.890. The minimum atomic E-state index is -5.67. The zero-order chi connectivity index (χ0) is 16.6. The van der Waals surface area contributed by atoms with Crippen LogP contribution in [0.5, 0.6) is 5.75 Å². The number of hydrogen-bond donors (Lipinski definition) is 1. The summed E-state index contributed by atoms with van der Waals surface area (Å²) in [6.07, 6.45) is 1.20. The Kier molecular flexibility index (Phi) is 4.73. The van der Waals surface area contributed by atoms with E-state index < -0.39 is 28.9 Å². The summed E-state index contributed by atoms with van der Waals surface area (Å²) in [4.78, 5) is 12.7. The van der Waals surface area contributed by atoms with Crippen LogP contribution in [0.3, 0.4) is 0 Å². The number of nitrogens with zero attached hydrogens (tertiary/aromatic N) is 1. The minimum Gasteiger partial charge on any atom is -0.376 e. The molecule has 1 aromatic carbocycles. The lowest BCUT2D eigenvalue weighted by atomic mass is 10.3. The first-order chi connectivity index (χ1) is 10.0.